The van der Waals surface area contributed by atoms with E-state index in [1.165, 1.54) is 0 Å². The Morgan fingerprint density at radius 1 is 0.824 bits per heavy atom. The first kappa shape index (κ1) is 12.7. The summed E-state index contributed by atoms with van der Waals surface area (Å²) in [4.78, 5) is 7.98. The van der Waals surface area contributed by atoms with Gasteiger partial charge < -0.3 is 0 Å². The minimum atomic E-state index is -4.84. The SMILES string of the molecule is [O]=[Zn](=[O])([S]c1ccccn1)[S]c1ccccn1. The molecule has 4 nitrogen and oxygen atoms in total. The minimum absolute atomic E-state index is 0.515. The zero-order chi connectivity index (χ0) is 12.1. The predicted octanol–water partition coefficient (Wildman–Crippen LogP) is 3.04. The molecule has 2 aromatic rings. The molecule has 0 bridgehead atoms. The van der Waals surface area contributed by atoms with Crippen LogP contribution in [-0.4, -0.2) is 9.97 Å². The molecule has 2 heterocycles. The summed E-state index contributed by atoms with van der Waals surface area (Å²) in [5.74, 6) is 0. The Balaban J connectivity index is 2.11. The monoisotopic (exact) mass is 316 g/mol. The number of pyridine rings is 2. The van der Waals surface area contributed by atoms with E-state index in [4.69, 9.17) is 0 Å². The van der Waals surface area contributed by atoms with Gasteiger partial charge >= 0.3 is 108 Å². The fourth-order valence-electron chi connectivity index (χ4n) is 1.26. The molecule has 0 amide bonds. The molecule has 0 fully saturated rings. The Labute approximate surface area is 107 Å². The van der Waals surface area contributed by atoms with E-state index in [0.717, 1.165) is 19.5 Å². The van der Waals surface area contributed by atoms with Crippen LogP contribution in [0.5, 0.6) is 0 Å². The molecular formula is C10H8N2O2S2Zn. The van der Waals surface area contributed by atoms with Gasteiger partial charge in [0.05, 0.1) is 0 Å². The van der Waals surface area contributed by atoms with Crippen molar-refractivity contribution in [3.63, 3.8) is 0 Å². The molecule has 0 N–H and O–H groups in total. The van der Waals surface area contributed by atoms with Gasteiger partial charge in [-0.3, -0.25) is 0 Å². The number of rotatable bonds is 4. The van der Waals surface area contributed by atoms with E-state index in [0.29, 0.717) is 10.1 Å². The van der Waals surface area contributed by atoms with Crippen molar-refractivity contribution in [1.29, 1.82) is 0 Å². The predicted molar refractivity (Wildman–Crippen MR) is 61.6 cm³/mol. The maximum absolute atomic E-state index is 12.0. The summed E-state index contributed by atoms with van der Waals surface area (Å²) in [6.07, 6.45) is 3.16. The fourth-order valence-corrected chi connectivity index (χ4v) is 14.4. The van der Waals surface area contributed by atoms with Crippen molar-refractivity contribution in [2.75, 3.05) is 0 Å². The van der Waals surface area contributed by atoms with Gasteiger partial charge in [-0.2, -0.15) is 0 Å². The van der Waals surface area contributed by atoms with Crippen LogP contribution in [0.15, 0.2) is 58.8 Å². The normalized spacial score (nSPS) is 9.41. The summed E-state index contributed by atoms with van der Waals surface area (Å²) in [5, 5.41) is 1.03. The van der Waals surface area contributed by atoms with Crippen LogP contribution in [0.3, 0.4) is 0 Å². The van der Waals surface area contributed by atoms with Crippen molar-refractivity contribution in [1.82, 2.24) is 9.97 Å². The molecule has 0 atom stereocenters. The second-order valence-corrected chi connectivity index (χ2v) is 21.1. The molecule has 0 aliphatic carbocycles. The van der Waals surface area contributed by atoms with Crippen molar-refractivity contribution in [3.05, 3.63) is 48.8 Å². The van der Waals surface area contributed by atoms with Gasteiger partial charge in [0.25, 0.3) is 0 Å². The summed E-state index contributed by atoms with van der Waals surface area (Å²) >= 11 is -4.84. The van der Waals surface area contributed by atoms with E-state index < -0.39 is 12.2 Å². The molecule has 0 radical (unpaired) electrons. The second-order valence-electron chi connectivity index (χ2n) is 3.33. The zero-order valence-corrected chi connectivity index (χ0v) is 13.5. The molecule has 2 rings (SSSR count). The van der Waals surface area contributed by atoms with Gasteiger partial charge in [0.15, 0.2) is 0 Å². The molecule has 0 aliphatic heterocycles. The Morgan fingerprint density at radius 3 is 1.65 bits per heavy atom. The Morgan fingerprint density at radius 2 is 1.29 bits per heavy atom. The van der Waals surface area contributed by atoms with E-state index in [9.17, 15) is 7.15 Å². The molecular weight excluding hydrogens is 310 g/mol. The van der Waals surface area contributed by atoms with Gasteiger partial charge in [-0.25, -0.2) is 0 Å². The molecule has 84 valence electrons. The third kappa shape index (κ3) is 4.18. The number of aromatic nitrogens is 2. The molecule has 7 heteroatoms. The van der Waals surface area contributed by atoms with Gasteiger partial charge in [-0.15, -0.1) is 0 Å². The average Bonchev–Trinajstić information content (AvgIpc) is 2.30. The Bertz CT molecular complexity index is 528. The number of hydrogen-bond donors (Lipinski definition) is 0. The van der Waals surface area contributed by atoms with Crippen LogP contribution in [0.2, 0.25) is 0 Å². The molecule has 0 spiro atoms. The molecule has 0 saturated carbocycles. The first-order valence-electron chi connectivity index (χ1n) is 5.10. The molecule has 0 saturated heterocycles. The maximum atomic E-state index is 12.0. The van der Waals surface area contributed by atoms with Crippen LogP contribution in [0.4, 0.5) is 0 Å². The van der Waals surface area contributed by atoms with Crippen LogP contribution in [0.1, 0.15) is 0 Å². The topological polar surface area (TPSA) is 59.9 Å². The van der Waals surface area contributed by atoms with Crippen molar-refractivity contribution in [2.45, 2.75) is 10.1 Å². The Kier molecular flexibility index (Phi) is 4.26. The summed E-state index contributed by atoms with van der Waals surface area (Å²) in [6.45, 7) is 0. The van der Waals surface area contributed by atoms with Gasteiger partial charge in [0.2, 0.25) is 0 Å². The van der Waals surface area contributed by atoms with E-state index in [-0.39, 0.29) is 0 Å². The summed E-state index contributed by atoms with van der Waals surface area (Å²) in [6, 6.07) is 10.4. The van der Waals surface area contributed by atoms with Crippen LogP contribution >= 0.6 is 19.5 Å². The molecule has 0 aromatic carbocycles. The quantitative estimate of drug-likeness (QED) is 0.808. The van der Waals surface area contributed by atoms with Gasteiger partial charge in [-0.05, 0) is 0 Å². The van der Waals surface area contributed by atoms with Gasteiger partial charge in [0.1, 0.15) is 0 Å². The number of hydrogen-bond acceptors (Lipinski definition) is 6. The molecule has 0 aliphatic rings. The molecule has 0 unspecified atom stereocenters. The average molecular weight is 318 g/mol. The molecule has 17 heavy (non-hydrogen) atoms. The van der Waals surface area contributed by atoms with Crippen LogP contribution in [-0.2, 0) is 19.4 Å². The summed E-state index contributed by atoms with van der Waals surface area (Å²) < 4.78 is 23.9. The summed E-state index contributed by atoms with van der Waals surface area (Å²) in [7, 11) is 1.72. The van der Waals surface area contributed by atoms with Crippen LogP contribution < -0.4 is 0 Å². The van der Waals surface area contributed by atoms with Crippen molar-refractivity contribution in [2.24, 2.45) is 0 Å². The molecule has 2 aromatic heterocycles. The van der Waals surface area contributed by atoms with Crippen molar-refractivity contribution >= 4 is 19.5 Å². The van der Waals surface area contributed by atoms with E-state index in [2.05, 4.69) is 9.97 Å². The van der Waals surface area contributed by atoms with Crippen LogP contribution in [0, 0.1) is 0 Å². The fraction of sp³-hybridized carbons (Fsp3) is 0. The van der Waals surface area contributed by atoms with Gasteiger partial charge in [0, 0.05) is 0 Å². The van der Waals surface area contributed by atoms with Crippen molar-refractivity contribution < 1.29 is 19.4 Å². The summed E-state index contributed by atoms with van der Waals surface area (Å²) in [5.41, 5.74) is 0. The van der Waals surface area contributed by atoms with E-state index in [1.54, 1.807) is 48.8 Å². The standard InChI is InChI=1S/2C5H5NS.2O.Zn/c2*7-5-3-1-2-4-6-5;;;/h2*1-4H,(H,6,7);;;/q;;;;+2/p-2. The Hall–Kier alpha value is -0.777. The first-order chi connectivity index (χ1) is 8.16. The third-order valence-corrected chi connectivity index (χ3v) is 15.6. The van der Waals surface area contributed by atoms with Crippen LogP contribution in [0.25, 0.3) is 0 Å². The number of nitrogens with zero attached hydrogens (tertiary/aromatic N) is 2. The zero-order valence-electron chi connectivity index (χ0n) is 8.85. The van der Waals surface area contributed by atoms with E-state index in [1.807, 2.05) is 0 Å². The first-order valence-corrected chi connectivity index (χ1v) is 16.8. The van der Waals surface area contributed by atoms with Gasteiger partial charge in [-0.1, -0.05) is 0 Å². The third-order valence-electron chi connectivity index (χ3n) is 1.92. The second kappa shape index (κ2) is 5.71. The van der Waals surface area contributed by atoms with E-state index >= 15 is 0 Å². The van der Waals surface area contributed by atoms with Crippen molar-refractivity contribution in [3.8, 4) is 0 Å².